The summed E-state index contributed by atoms with van der Waals surface area (Å²) < 4.78 is 10.2. The van der Waals surface area contributed by atoms with E-state index in [-0.39, 0.29) is 32.2 Å². The summed E-state index contributed by atoms with van der Waals surface area (Å²) in [4.78, 5) is 37.0. The van der Waals surface area contributed by atoms with E-state index in [1.807, 2.05) is 60.7 Å². The van der Waals surface area contributed by atoms with Crippen LogP contribution in [-0.2, 0) is 32.2 Å². The molecule has 0 aliphatic heterocycles. The van der Waals surface area contributed by atoms with Gasteiger partial charge in [0.2, 0.25) is 5.91 Å². The van der Waals surface area contributed by atoms with E-state index in [0.29, 0.717) is 6.54 Å². The van der Waals surface area contributed by atoms with Crippen molar-refractivity contribution in [2.75, 3.05) is 13.3 Å². The van der Waals surface area contributed by atoms with Gasteiger partial charge in [0.05, 0.1) is 0 Å². The molecule has 148 valence electrons. The zero-order chi connectivity index (χ0) is 20.2. The molecule has 0 saturated carbocycles. The lowest BCUT2D eigenvalue weighted by Crippen LogP contribution is -2.42. The standard InChI is InChI=1S/C21H24N2O5/c1-2-20(25)28-16-23(21(26)27-15-18-11-7-4-8-12-18)14-19(24)22-13-17-9-5-3-6-10-17/h3-12H,2,13-16H2,1H3,(H,22,24). The van der Waals surface area contributed by atoms with Gasteiger partial charge in [0.25, 0.3) is 0 Å². The molecule has 0 aromatic heterocycles. The smallest absolute Gasteiger partial charge is 0.413 e. The lowest BCUT2D eigenvalue weighted by Gasteiger charge is -2.21. The second-order valence-corrected chi connectivity index (χ2v) is 6.00. The van der Waals surface area contributed by atoms with Crippen LogP contribution in [0.25, 0.3) is 0 Å². The van der Waals surface area contributed by atoms with Gasteiger partial charge in [-0.25, -0.2) is 4.79 Å². The van der Waals surface area contributed by atoms with Gasteiger partial charge in [0.15, 0.2) is 6.73 Å². The fourth-order valence-corrected chi connectivity index (χ4v) is 2.25. The van der Waals surface area contributed by atoms with Crippen molar-refractivity contribution in [3.05, 3.63) is 71.8 Å². The topological polar surface area (TPSA) is 84.9 Å². The summed E-state index contributed by atoms with van der Waals surface area (Å²) >= 11 is 0. The van der Waals surface area contributed by atoms with E-state index >= 15 is 0 Å². The number of benzene rings is 2. The van der Waals surface area contributed by atoms with Gasteiger partial charge in [-0.1, -0.05) is 67.6 Å². The Morgan fingerprint density at radius 1 is 0.893 bits per heavy atom. The van der Waals surface area contributed by atoms with Crippen LogP contribution in [0.3, 0.4) is 0 Å². The van der Waals surface area contributed by atoms with Crippen LogP contribution >= 0.6 is 0 Å². The summed E-state index contributed by atoms with van der Waals surface area (Å²) in [6, 6.07) is 18.6. The zero-order valence-corrected chi connectivity index (χ0v) is 15.8. The molecule has 0 bridgehead atoms. The number of hydrogen-bond acceptors (Lipinski definition) is 5. The number of nitrogens with one attached hydrogen (secondary N) is 1. The molecule has 0 spiro atoms. The van der Waals surface area contributed by atoms with Crippen LogP contribution in [0.2, 0.25) is 0 Å². The van der Waals surface area contributed by atoms with Crippen molar-refractivity contribution in [1.29, 1.82) is 0 Å². The highest BCUT2D eigenvalue weighted by molar-refractivity contribution is 5.82. The minimum Gasteiger partial charge on any atom is -0.444 e. The van der Waals surface area contributed by atoms with Crippen LogP contribution in [0.15, 0.2) is 60.7 Å². The molecule has 0 atom stereocenters. The van der Waals surface area contributed by atoms with Gasteiger partial charge in [-0.15, -0.1) is 0 Å². The molecule has 7 heteroatoms. The predicted octanol–water partition coefficient (Wildman–Crippen LogP) is 2.85. The Bertz CT molecular complexity index is 765. The lowest BCUT2D eigenvalue weighted by molar-refractivity contribution is -0.148. The maximum absolute atomic E-state index is 12.4. The van der Waals surface area contributed by atoms with Crippen molar-refractivity contribution in [3.63, 3.8) is 0 Å². The molecule has 2 aromatic rings. The molecule has 1 N–H and O–H groups in total. The van der Waals surface area contributed by atoms with Crippen LogP contribution < -0.4 is 5.32 Å². The molecule has 0 radical (unpaired) electrons. The van der Waals surface area contributed by atoms with Crippen molar-refractivity contribution < 1.29 is 23.9 Å². The summed E-state index contributed by atoms with van der Waals surface area (Å²) in [5.74, 6) is -0.849. The zero-order valence-electron chi connectivity index (χ0n) is 15.8. The molecular weight excluding hydrogens is 360 g/mol. The largest absolute Gasteiger partial charge is 0.444 e. The Morgan fingerprint density at radius 2 is 1.50 bits per heavy atom. The average molecular weight is 384 g/mol. The normalized spacial score (nSPS) is 10.0. The number of carbonyl (C=O) groups excluding carboxylic acids is 3. The van der Waals surface area contributed by atoms with E-state index in [4.69, 9.17) is 9.47 Å². The van der Waals surface area contributed by atoms with Gasteiger partial charge < -0.3 is 14.8 Å². The third-order valence-electron chi connectivity index (χ3n) is 3.80. The van der Waals surface area contributed by atoms with Gasteiger partial charge in [-0.05, 0) is 11.1 Å². The molecule has 2 amide bonds. The van der Waals surface area contributed by atoms with Crippen molar-refractivity contribution in [1.82, 2.24) is 10.2 Å². The number of hydrogen-bond donors (Lipinski definition) is 1. The van der Waals surface area contributed by atoms with Crippen molar-refractivity contribution in [2.45, 2.75) is 26.5 Å². The quantitative estimate of drug-likeness (QED) is 0.531. The van der Waals surface area contributed by atoms with Gasteiger partial charge >= 0.3 is 12.1 Å². The Labute approximate surface area is 164 Å². The van der Waals surface area contributed by atoms with E-state index in [0.717, 1.165) is 16.0 Å². The number of carbonyl (C=O) groups is 3. The van der Waals surface area contributed by atoms with Gasteiger partial charge in [-0.3, -0.25) is 14.5 Å². The van der Waals surface area contributed by atoms with Crippen LogP contribution in [0, 0.1) is 0 Å². The third-order valence-corrected chi connectivity index (χ3v) is 3.80. The van der Waals surface area contributed by atoms with Gasteiger partial charge in [0.1, 0.15) is 13.2 Å². The van der Waals surface area contributed by atoms with Crippen LogP contribution in [-0.4, -0.2) is 36.1 Å². The summed E-state index contributed by atoms with van der Waals surface area (Å²) in [5, 5.41) is 2.73. The molecule has 28 heavy (non-hydrogen) atoms. The summed E-state index contributed by atoms with van der Waals surface area (Å²) in [6.07, 6.45) is -0.560. The summed E-state index contributed by atoms with van der Waals surface area (Å²) in [7, 11) is 0. The fraction of sp³-hybridized carbons (Fsp3) is 0.286. The Morgan fingerprint density at radius 3 is 2.11 bits per heavy atom. The molecule has 7 nitrogen and oxygen atoms in total. The Hall–Kier alpha value is -3.35. The molecule has 0 heterocycles. The van der Waals surface area contributed by atoms with Crippen LogP contribution in [0.1, 0.15) is 24.5 Å². The first-order valence-electron chi connectivity index (χ1n) is 9.00. The van der Waals surface area contributed by atoms with Crippen molar-refractivity contribution >= 4 is 18.0 Å². The third kappa shape index (κ3) is 7.49. The lowest BCUT2D eigenvalue weighted by atomic mass is 10.2. The number of ether oxygens (including phenoxy) is 2. The van der Waals surface area contributed by atoms with Crippen molar-refractivity contribution in [2.24, 2.45) is 0 Å². The Balaban J connectivity index is 1.90. The molecule has 0 fully saturated rings. The molecule has 2 rings (SSSR count). The number of nitrogens with zero attached hydrogens (tertiary/aromatic N) is 1. The van der Waals surface area contributed by atoms with E-state index in [2.05, 4.69) is 5.32 Å². The monoisotopic (exact) mass is 384 g/mol. The minimum atomic E-state index is -0.734. The number of esters is 1. The predicted molar refractivity (Wildman–Crippen MR) is 103 cm³/mol. The van der Waals surface area contributed by atoms with E-state index in [9.17, 15) is 14.4 Å². The summed E-state index contributed by atoms with van der Waals surface area (Å²) in [6.45, 7) is 1.41. The number of amides is 2. The first kappa shape index (κ1) is 21.0. The highest BCUT2D eigenvalue weighted by Gasteiger charge is 2.20. The first-order valence-corrected chi connectivity index (χ1v) is 9.00. The maximum Gasteiger partial charge on any atom is 0.413 e. The summed E-state index contributed by atoms with van der Waals surface area (Å²) in [5.41, 5.74) is 1.75. The molecule has 0 aliphatic rings. The van der Waals surface area contributed by atoms with Gasteiger partial charge in [0, 0.05) is 13.0 Å². The minimum absolute atomic E-state index is 0.0591. The highest BCUT2D eigenvalue weighted by atomic mass is 16.6. The molecule has 0 saturated heterocycles. The van der Waals surface area contributed by atoms with Crippen LogP contribution in [0.4, 0.5) is 4.79 Å². The Kier molecular flexibility index (Phi) is 8.52. The second kappa shape index (κ2) is 11.4. The molecular formula is C21H24N2O5. The average Bonchev–Trinajstić information content (AvgIpc) is 2.74. The molecule has 0 unspecified atom stereocenters. The van der Waals surface area contributed by atoms with E-state index in [1.165, 1.54) is 0 Å². The maximum atomic E-state index is 12.4. The van der Waals surface area contributed by atoms with Crippen molar-refractivity contribution in [3.8, 4) is 0 Å². The van der Waals surface area contributed by atoms with E-state index in [1.54, 1.807) is 6.92 Å². The van der Waals surface area contributed by atoms with Gasteiger partial charge in [-0.2, -0.15) is 0 Å². The van der Waals surface area contributed by atoms with Crippen LogP contribution in [0.5, 0.6) is 0 Å². The first-order chi connectivity index (χ1) is 13.6. The molecule has 0 aliphatic carbocycles. The highest BCUT2D eigenvalue weighted by Crippen LogP contribution is 2.04. The fourth-order valence-electron chi connectivity index (χ4n) is 2.25. The van der Waals surface area contributed by atoms with E-state index < -0.39 is 12.1 Å². The SMILES string of the molecule is CCC(=O)OCN(CC(=O)NCc1ccccc1)C(=O)OCc1ccccc1. The second-order valence-electron chi connectivity index (χ2n) is 6.00. The molecule has 2 aromatic carbocycles. The number of rotatable bonds is 9.